The van der Waals surface area contributed by atoms with Crippen molar-refractivity contribution in [2.75, 3.05) is 0 Å². The van der Waals surface area contributed by atoms with Crippen LogP contribution < -0.4 is 9.59 Å². The Morgan fingerprint density at radius 1 is 1.14 bits per heavy atom. The average molecular weight is 152 g/mol. The molecule has 0 aromatic carbocycles. The molecule has 40 valence electrons. The van der Waals surface area contributed by atoms with E-state index in [9.17, 15) is 0 Å². The second-order valence-corrected chi connectivity index (χ2v) is 1.65. The molecule has 4 N–H and O–H groups in total. The van der Waals surface area contributed by atoms with Gasteiger partial charge in [-0.2, -0.15) is 0 Å². The van der Waals surface area contributed by atoms with Crippen molar-refractivity contribution in [1.29, 1.82) is 0 Å². The smallest absolute Gasteiger partial charge is 0.828 e. The third-order valence-electron chi connectivity index (χ3n) is 0. The van der Waals surface area contributed by atoms with Gasteiger partial charge >= 0.3 is 37.7 Å². The molecule has 0 saturated heterocycles. The van der Waals surface area contributed by atoms with Crippen molar-refractivity contribution in [2.24, 2.45) is 0 Å². The molecule has 0 fully saturated rings. The van der Waals surface area contributed by atoms with E-state index in [4.69, 9.17) is 19.2 Å². The van der Waals surface area contributed by atoms with E-state index < -0.39 is 9.05 Å². The van der Waals surface area contributed by atoms with Crippen molar-refractivity contribution in [1.82, 2.24) is 0 Å². The molecule has 0 spiro atoms. The van der Waals surface area contributed by atoms with Crippen molar-refractivity contribution < 1.29 is 24.7 Å². The van der Waals surface area contributed by atoms with E-state index in [0.29, 0.717) is 0 Å². The van der Waals surface area contributed by atoms with Gasteiger partial charge in [-0.25, -0.2) is 0 Å². The predicted octanol–water partition coefficient (Wildman–Crippen LogP) is -5.08. The molecule has 0 heterocycles. The van der Waals surface area contributed by atoms with Crippen molar-refractivity contribution in [2.45, 2.75) is 0 Å². The maximum absolute atomic E-state index is 8.80. The van der Waals surface area contributed by atoms with Crippen LogP contribution in [0.5, 0.6) is 0 Å². The second-order valence-electron chi connectivity index (χ2n) is 0.548. The summed E-state index contributed by atoms with van der Waals surface area (Å²) in [6.07, 6.45) is 0. The first kappa shape index (κ1) is 15.7. The van der Waals surface area contributed by atoms with E-state index >= 15 is 0 Å². The van der Waals surface area contributed by atoms with Crippen LogP contribution in [0, 0.1) is 0 Å². The van der Waals surface area contributed by atoms with Crippen molar-refractivity contribution in [3.8, 4) is 0 Å². The molecule has 7 heteroatoms. The minimum absolute atomic E-state index is 0. The van der Waals surface area contributed by atoms with Gasteiger partial charge in [-0.1, -0.05) is 0 Å². The molecule has 5 nitrogen and oxygen atoms in total. The third-order valence-corrected chi connectivity index (χ3v) is 0. The Kier molecular flexibility index (Phi) is 12.2. The van der Waals surface area contributed by atoms with Gasteiger partial charge in [0.25, 0.3) is 0 Å². The Labute approximate surface area is 71.0 Å². The summed E-state index contributed by atoms with van der Waals surface area (Å²) in [7, 11) is -5.11. The number of hydrogen-bond donors (Lipinski definition) is 2. The Balaban J connectivity index is -0.0000000800. The summed E-state index contributed by atoms with van der Waals surface area (Å²) in [5.41, 5.74) is 0. The van der Waals surface area contributed by atoms with Crippen LogP contribution in [-0.4, -0.2) is 61.9 Å². The van der Waals surface area contributed by atoms with Gasteiger partial charge in [0, 0.05) is 0 Å². The SMILES string of the molecule is O.[Ca+2].[O-][Si]([O-])(O)O. The van der Waals surface area contributed by atoms with E-state index in [2.05, 4.69) is 0 Å². The maximum Gasteiger partial charge on any atom is 2.00 e. The summed E-state index contributed by atoms with van der Waals surface area (Å²) >= 11 is 0. The molecule has 0 rings (SSSR count). The number of rotatable bonds is 0. The maximum atomic E-state index is 8.80. The monoisotopic (exact) mass is 152 g/mol. The van der Waals surface area contributed by atoms with Gasteiger partial charge in [-0.15, -0.1) is 0 Å². The van der Waals surface area contributed by atoms with Crippen LogP contribution in [0.15, 0.2) is 0 Å². The molecule has 0 radical (unpaired) electrons. The molecule has 0 aliphatic heterocycles. The standard InChI is InChI=1S/Ca.H2O4Si.H2O/c;1-5(2,3)4;/h;1-2H;1H2/q+2;-2;. The fraction of sp³-hybridized carbons (Fsp3) is 0. The largest absolute Gasteiger partial charge is 2.00 e. The van der Waals surface area contributed by atoms with Gasteiger partial charge in [-0.05, 0) is 0 Å². The minimum Gasteiger partial charge on any atom is -0.828 e. The van der Waals surface area contributed by atoms with Gasteiger partial charge in [-0.3, -0.25) is 0 Å². The minimum atomic E-state index is -5.11. The van der Waals surface area contributed by atoms with Gasteiger partial charge in [0.2, 0.25) is 0 Å². The first-order chi connectivity index (χ1) is 2.00. The fourth-order valence-electron chi connectivity index (χ4n) is 0. The first-order valence-electron chi connectivity index (χ1n) is 0.855. The molecule has 0 aromatic heterocycles. The molecule has 0 saturated carbocycles. The van der Waals surface area contributed by atoms with Gasteiger partial charge < -0.3 is 24.7 Å². The second kappa shape index (κ2) is 5.41. The van der Waals surface area contributed by atoms with Crippen LogP contribution in [0.25, 0.3) is 0 Å². The van der Waals surface area contributed by atoms with E-state index in [1.54, 1.807) is 0 Å². The topological polar surface area (TPSA) is 118 Å². The normalized spacial score (nSPS) is 8.57. The average Bonchev–Trinajstić information content (AvgIpc) is 0.722. The van der Waals surface area contributed by atoms with Crippen LogP contribution in [0.1, 0.15) is 0 Å². The number of hydrogen-bond acceptors (Lipinski definition) is 4. The third kappa shape index (κ3) is 124. The van der Waals surface area contributed by atoms with E-state index in [-0.39, 0.29) is 43.2 Å². The molecule has 7 heavy (non-hydrogen) atoms. The van der Waals surface area contributed by atoms with Crippen LogP contribution in [0.3, 0.4) is 0 Å². The van der Waals surface area contributed by atoms with Crippen LogP contribution in [0.4, 0.5) is 0 Å². The zero-order valence-corrected chi connectivity index (χ0v) is 6.63. The summed E-state index contributed by atoms with van der Waals surface area (Å²) in [5, 5.41) is 0. The molecule has 0 bridgehead atoms. The quantitative estimate of drug-likeness (QED) is 0.337. The molecular weight excluding hydrogens is 148 g/mol. The Morgan fingerprint density at radius 3 is 1.14 bits per heavy atom. The van der Waals surface area contributed by atoms with Gasteiger partial charge in [0.15, 0.2) is 0 Å². The molecule has 0 amide bonds. The Hall–Kier alpha value is 1.28. The van der Waals surface area contributed by atoms with Crippen LogP contribution in [0.2, 0.25) is 0 Å². The van der Waals surface area contributed by atoms with Gasteiger partial charge in [0.1, 0.15) is 9.05 Å². The zero-order valence-electron chi connectivity index (χ0n) is 3.42. The summed E-state index contributed by atoms with van der Waals surface area (Å²) < 4.78 is 0. The molecule has 0 aliphatic rings. The van der Waals surface area contributed by atoms with Crippen LogP contribution in [-0.2, 0) is 0 Å². The first-order valence-corrected chi connectivity index (χ1v) is 2.57. The van der Waals surface area contributed by atoms with E-state index in [1.165, 1.54) is 0 Å². The van der Waals surface area contributed by atoms with Crippen molar-refractivity contribution in [3.05, 3.63) is 0 Å². The van der Waals surface area contributed by atoms with Crippen molar-refractivity contribution in [3.63, 3.8) is 0 Å². The molecule has 0 aliphatic carbocycles. The van der Waals surface area contributed by atoms with Gasteiger partial charge in [0.05, 0.1) is 0 Å². The Bertz CT molecular complexity index is 23.6. The summed E-state index contributed by atoms with van der Waals surface area (Å²) in [6, 6.07) is 0. The van der Waals surface area contributed by atoms with E-state index in [1.807, 2.05) is 0 Å². The molecular formula is H4CaO5Si. The van der Waals surface area contributed by atoms with E-state index in [0.717, 1.165) is 0 Å². The van der Waals surface area contributed by atoms with Crippen molar-refractivity contribution >= 4 is 46.8 Å². The molecule has 0 aromatic rings. The molecule has 0 atom stereocenters. The van der Waals surface area contributed by atoms with Crippen LogP contribution >= 0.6 is 0 Å². The summed E-state index contributed by atoms with van der Waals surface area (Å²) in [4.78, 5) is 31.8. The summed E-state index contributed by atoms with van der Waals surface area (Å²) in [5.74, 6) is 0. The fourth-order valence-corrected chi connectivity index (χ4v) is 0. The zero-order chi connectivity index (χ0) is 4.50. The summed E-state index contributed by atoms with van der Waals surface area (Å²) in [6.45, 7) is 0. The predicted molar refractivity (Wildman–Crippen MR) is 19.6 cm³/mol. The Morgan fingerprint density at radius 2 is 1.14 bits per heavy atom. The molecule has 0 unspecified atom stereocenters.